The van der Waals surface area contributed by atoms with Crippen molar-refractivity contribution in [2.24, 2.45) is 0 Å². The first kappa shape index (κ1) is 16.6. The molecule has 0 aliphatic heterocycles. The van der Waals surface area contributed by atoms with Crippen molar-refractivity contribution in [2.75, 3.05) is 7.11 Å². The lowest BCUT2D eigenvalue weighted by Gasteiger charge is -2.16. The molecular weight excluding hydrogens is 280 g/mol. The van der Waals surface area contributed by atoms with Crippen molar-refractivity contribution in [3.05, 3.63) is 35.4 Å². The van der Waals surface area contributed by atoms with Crippen LogP contribution in [0.1, 0.15) is 29.6 Å². The van der Waals surface area contributed by atoms with Crippen LogP contribution in [0.25, 0.3) is 0 Å². The molecule has 0 radical (unpaired) electrons. The maximum absolute atomic E-state index is 13.5. The number of methoxy groups -OCH3 is 1. The lowest BCUT2D eigenvalue weighted by atomic mass is 10.1. The Bertz CT molecular complexity index is 567. The number of unbranched alkanes of at least 4 members (excludes halogenated alkanes) is 1. The Morgan fingerprint density at radius 3 is 2.71 bits per heavy atom. The molecule has 0 unspecified atom stereocenters. The molecule has 1 aromatic carbocycles. The SMILES string of the molecule is C#CCCC[C@@H](NC(=O)c1ccc(F)cc1F)C(=O)OC. The van der Waals surface area contributed by atoms with E-state index in [2.05, 4.69) is 16.0 Å². The van der Waals surface area contributed by atoms with E-state index < -0.39 is 29.6 Å². The molecule has 0 spiro atoms. The van der Waals surface area contributed by atoms with E-state index in [1.54, 1.807) is 0 Å². The predicted molar refractivity (Wildman–Crippen MR) is 72.3 cm³/mol. The van der Waals surface area contributed by atoms with Crippen LogP contribution in [0.3, 0.4) is 0 Å². The van der Waals surface area contributed by atoms with Gasteiger partial charge in [-0.3, -0.25) is 4.79 Å². The fourth-order valence-electron chi connectivity index (χ4n) is 1.71. The summed E-state index contributed by atoms with van der Waals surface area (Å²) in [6.45, 7) is 0. The Balaban J connectivity index is 2.79. The fraction of sp³-hybridized carbons (Fsp3) is 0.333. The summed E-state index contributed by atoms with van der Waals surface area (Å²) in [5.74, 6) is -0.842. The van der Waals surface area contributed by atoms with Crippen LogP contribution in [0, 0.1) is 24.0 Å². The summed E-state index contributed by atoms with van der Waals surface area (Å²) in [5, 5.41) is 2.36. The van der Waals surface area contributed by atoms with Crippen LogP contribution < -0.4 is 5.32 Å². The molecule has 0 saturated carbocycles. The van der Waals surface area contributed by atoms with Gasteiger partial charge in [-0.15, -0.1) is 12.3 Å². The molecule has 1 N–H and O–H groups in total. The van der Waals surface area contributed by atoms with Crippen LogP contribution in [0.4, 0.5) is 8.78 Å². The zero-order valence-electron chi connectivity index (χ0n) is 11.5. The topological polar surface area (TPSA) is 55.4 Å². The van der Waals surface area contributed by atoms with Gasteiger partial charge in [-0.1, -0.05) is 0 Å². The smallest absolute Gasteiger partial charge is 0.328 e. The monoisotopic (exact) mass is 295 g/mol. The molecule has 1 aromatic rings. The third-order valence-electron chi connectivity index (χ3n) is 2.78. The number of carbonyl (C=O) groups excluding carboxylic acids is 2. The van der Waals surface area contributed by atoms with E-state index >= 15 is 0 Å². The van der Waals surface area contributed by atoms with Gasteiger partial charge in [0.15, 0.2) is 0 Å². The highest BCUT2D eigenvalue weighted by molar-refractivity contribution is 5.96. The number of ether oxygens (including phenoxy) is 1. The third-order valence-corrected chi connectivity index (χ3v) is 2.78. The molecule has 112 valence electrons. The van der Waals surface area contributed by atoms with Gasteiger partial charge < -0.3 is 10.1 Å². The number of amides is 1. The molecule has 0 aliphatic rings. The van der Waals surface area contributed by atoms with E-state index in [1.807, 2.05) is 0 Å². The molecule has 0 fully saturated rings. The lowest BCUT2D eigenvalue weighted by Crippen LogP contribution is -2.41. The minimum Gasteiger partial charge on any atom is -0.467 e. The van der Waals surface area contributed by atoms with Crippen LogP contribution in [-0.2, 0) is 9.53 Å². The van der Waals surface area contributed by atoms with E-state index in [0.29, 0.717) is 18.9 Å². The molecule has 0 saturated heterocycles. The van der Waals surface area contributed by atoms with Crippen molar-refractivity contribution in [1.82, 2.24) is 5.32 Å². The minimum absolute atomic E-state index is 0.269. The molecule has 0 heterocycles. The number of hydrogen-bond donors (Lipinski definition) is 1. The summed E-state index contributed by atoms with van der Waals surface area (Å²) in [5.41, 5.74) is -0.345. The number of terminal acetylenes is 1. The summed E-state index contributed by atoms with van der Waals surface area (Å²) >= 11 is 0. The van der Waals surface area contributed by atoms with E-state index in [0.717, 1.165) is 12.1 Å². The van der Waals surface area contributed by atoms with Gasteiger partial charge in [-0.2, -0.15) is 0 Å². The summed E-state index contributed by atoms with van der Waals surface area (Å²) in [6, 6.07) is 1.64. The van der Waals surface area contributed by atoms with Crippen LogP contribution in [-0.4, -0.2) is 25.0 Å². The third kappa shape index (κ3) is 4.88. The first-order valence-electron chi connectivity index (χ1n) is 6.26. The van der Waals surface area contributed by atoms with Gasteiger partial charge in [0.05, 0.1) is 12.7 Å². The second-order valence-electron chi connectivity index (χ2n) is 4.27. The molecule has 6 heteroatoms. The van der Waals surface area contributed by atoms with Crippen LogP contribution in [0.5, 0.6) is 0 Å². The highest BCUT2D eigenvalue weighted by Crippen LogP contribution is 2.11. The number of hydrogen-bond acceptors (Lipinski definition) is 3. The number of halogens is 2. The van der Waals surface area contributed by atoms with Gasteiger partial charge in [0, 0.05) is 12.5 Å². The quantitative estimate of drug-likeness (QED) is 0.496. The van der Waals surface area contributed by atoms with Crippen LogP contribution in [0.15, 0.2) is 18.2 Å². The number of nitrogens with one attached hydrogen (secondary N) is 1. The second kappa shape index (κ2) is 8.00. The van der Waals surface area contributed by atoms with Gasteiger partial charge >= 0.3 is 5.97 Å². The van der Waals surface area contributed by atoms with Crippen molar-refractivity contribution in [2.45, 2.75) is 25.3 Å². The van der Waals surface area contributed by atoms with E-state index in [-0.39, 0.29) is 12.0 Å². The molecule has 1 atom stereocenters. The maximum Gasteiger partial charge on any atom is 0.328 e. The second-order valence-corrected chi connectivity index (χ2v) is 4.27. The maximum atomic E-state index is 13.5. The van der Waals surface area contributed by atoms with Crippen molar-refractivity contribution >= 4 is 11.9 Å². The van der Waals surface area contributed by atoms with Crippen LogP contribution in [0.2, 0.25) is 0 Å². The van der Waals surface area contributed by atoms with Gasteiger partial charge in [-0.05, 0) is 25.0 Å². The van der Waals surface area contributed by atoms with Gasteiger partial charge in [0.25, 0.3) is 5.91 Å². The Morgan fingerprint density at radius 2 is 2.14 bits per heavy atom. The average molecular weight is 295 g/mol. The zero-order chi connectivity index (χ0) is 15.8. The number of esters is 1. The molecule has 4 nitrogen and oxygen atoms in total. The average Bonchev–Trinajstić information content (AvgIpc) is 2.45. The Morgan fingerprint density at radius 1 is 1.43 bits per heavy atom. The summed E-state index contributed by atoms with van der Waals surface area (Å²) in [6.07, 6.45) is 6.32. The highest BCUT2D eigenvalue weighted by Gasteiger charge is 2.23. The van der Waals surface area contributed by atoms with Gasteiger partial charge in [-0.25, -0.2) is 13.6 Å². The van der Waals surface area contributed by atoms with Crippen molar-refractivity contribution < 1.29 is 23.1 Å². The molecule has 1 rings (SSSR count). The number of rotatable bonds is 6. The largest absolute Gasteiger partial charge is 0.467 e. The number of benzene rings is 1. The molecule has 0 bridgehead atoms. The molecule has 21 heavy (non-hydrogen) atoms. The van der Waals surface area contributed by atoms with Crippen LogP contribution >= 0.6 is 0 Å². The Hall–Kier alpha value is -2.42. The standard InChI is InChI=1S/C15H15F2NO3/c1-3-4-5-6-13(15(20)21-2)18-14(19)11-8-7-10(16)9-12(11)17/h1,7-9,13H,4-6H2,2H3,(H,18,19)/t13-/m1/s1. The molecule has 0 aromatic heterocycles. The Kier molecular flexibility index (Phi) is 6.34. The minimum atomic E-state index is -1.00. The van der Waals surface area contributed by atoms with E-state index in [1.165, 1.54) is 7.11 Å². The van der Waals surface area contributed by atoms with Crippen molar-refractivity contribution in [3.63, 3.8) is 0 Å². The molecule has 0 aliphatic carbocycles. The Labute approximate surface area is 121 Å². The normalized spacial score (nSPS) is 11.3. The first-order valence-corrected chi connectivity index (χ1v) is 6.26. The summed E-state index contributed by atoms with van der Waals surface area (Å²) < 4.78 is 30.9. The first-order chi connectivity index (χ1) is 9.99. The van der Waals surface area contributed by atoms with Gasteiger partial charge in [0.1, 0.15) is 17.7 Å². The zero-order valence-corrected chi connectivity index (χ0v) is 11.5. The van der Waals surface area contributed by atoms with Crippen molar-refractivity contribution in [3.8, 4) is 12.3 Å². The van der Waals surface area contributed by atoms with Crippen molar-refractivity contribution in [1.29, 1.82) is 0 Å². The lowest BCUT2D eigenvalue weighted by molar-refractivity contribution is -0.143. The predicted octanol–water partition coefficient (Wildman–Crippen LogP) is 2.04. The molecule has 1 amide bonds. The molecular formula is C15H15F2NO3. The highest BCUT2D eigenvalue weighted by atomic mass is 19.1. The fourth-order valence-corrected chi connectivity index (χ4v) is 1.71. The number of carbonyl (C=O) groups is 2. The summed E-state index contributed by atoms with van der Waals surface area (Å²) in [4.78, 5) is 23.5. The van der Waals surface area contributed by atoms with Gasteiger partial charge in [0.2, 0.25) is 0 Å². The summed E-state index contributed by atoms with van der Waals surface area (Å²) in [7, 11) is 1.18. The van der Waals surface area contributed by atoms with E-state index in [9.17, 15) is 18.4 Å². The van der Waals surface area contributed by atoms with E-state index in [4.69, 9.17) is 6.42 Å².